The van der Waals surface area contributed by atoms with Crippen LogP contribution in [0.2, 0.25) is 5.02 Å². The van der Waals surface area contributed by atoms with E-state index in [9.17, 15) is 9.59 Å². The Kier molecular flexibility index (Phi) is 8.73. The van der Waals surface area contributed by atoms with Crippen molar-refractivity contribution >= 4 is 40.9 Å². The van der Waals surface area contributed by atoms with Crippen LogP contribution in [0.5, 0.6) is 5.75 Å². The molecule has 3 aromatic rings. The second-order valence-electron chi connectivity index (χ2n) is 7.18. The van der Waals surface area contributed by atoms with Crippen LogP contribution in [0.15, 0.2) is 47.6 Å². The van der Waals surface area contributed by atoms with E-state index in [1.54, 1.807) is 7.11 Å². The number of ether oxygens (including phenoxy) is 2. The number of aromatic nitrogens is 3. The zero-order valence-electron chi connectivity index (χ0n) is 18.6. The maximum absolute atomic E-state index is 12.4. The van der Waals surface area contributed by atoms with E-state index in [2.05, 4.69) is 27.6 Å². The number of hydrogen-bond donors (Lipinski definition) is 1. The first-order chi connectivity index (χ1) is 15.9. The molecule has 0 aliphatic rings. The normalized spacial score (nSPS) is 10.7. The smallest absolute Gasteiger partial charge is 0.337 e. The summed E-state index contributed by atoms with van der Waals surface area (Å²) >= 11 is 7.41. The number of rotatable bonds is 10. The number of aryl methyl sites for hydroxylation is 2. The summed E-state index contributed by atoms with van der Waals surface area (Å²) in [4.78, 5) is 24.1. The summed E-state index contributed by atoms with van der Waals surface area (Å²) in [7, 11) is 4.83. The first-order valence-electron chi connectivity index (χ1n) is 10.2. The van der Waals surface area contributed by atoms with Crippen molar-refractivity contribution in [3.63, 3.8) is 0 Å². The van der Waals surface area contributed by atoms with E-state index >= 15 is 0 Å². The zero-order chi connectivity index (χ0) is 23.8. The molecule has 33 heavy (non-hydrogen) atoms. The van der Waals surface area contributed by atoms with Crippen LogP contribution in [0.4, 0.5) is 5.69 Å². The molecule has 1 N–H and O–H groups in total. The van der Waals surface area contributed by atoms with Gasteiger partial charge in [-0.15, -0.1) is 10.2 Å². The van der Waals surface area contributed by atoms with Crippen LogP contribution in [-0.4, -0.2) is 46.6 Å². The number of halogens is 1. The van der Waals surface area contributed by atoms with E-state index in [-0.39, 0.29) is 11.7 Å². The number of benzene rings is 2. The summed E-state index contributed by atoms with van der Waals surface area (Å²) in [5, 5.41) is 12.2. The lowest BCUT2D eigenvalue weighted by molar-refractivity contribution is -0.113. The Morgan fingerprint density at radius 3 is 2.55 bits per heavy atom. The second kappa shape index (κ2) is 11.7. The van der Waals surface area contributed by atoms with E-state index in [0.29, 0.717) is 21.4 Å². The topological polar surface area (TPSA) is 95.3 Å². The van der Waals surface area contributed by atoms with Gasteiger partial charge in [-0.05, 0) is 48.7 Å². The van der Waals surface area contributed by atoms with Gasteiger partial charge in [-0.25, -0.2) is 4.79 Å². The third-order valence-electron chi connectivity index (χ3n) is 4.94. The third-order valence-corrected chi connectivity index (χ3v) is 6.29. The van der Waals surface area contributed by atoms with Gasteiger partial charge in [0.25, 0.3) is 0 Å². The molecule has 1 amide bonds. The molecular weight excluding hydrogens is 464 g/mol. The molecule has 1 heterocycles. The van der Waals surface area contributed by atoms with Crippen molar-refractivity contribution < 1.29 is 19.1 Å². The molecule has 1 aromatic heterocycles. The molecule has 0 aliphatic heterocycles. The number of methoxy groups -OCH3 is 2. The fourth-order valence-electron chi connectivity index (χ4n) is 3.11. The van der Waals surface area contributed by atoms with E-state index in [1.807, 2.05) is 23.7 Å². The van der Waals surface area contributed by atoms with Crippen molar-refractivity contribution in [2.75, 3.05) is 25.3 Å². The molecule has 0 radical (unpaired) electrons. The number of hydrogen-bond acceptors (Lipinski definition) is 7. The van der Waals surface area contributed by atoms with Crippen LogP contribution >= 0.6 is 23.4 Å². The van der Waals surface area contributed by atoms with Gasteiger partial charge in [-0.1, -0.05) is 35.5 Å². The van der Waals surface area contributed by atoms with Gasteiger partial charge >= 0.3 is 5.97 Å². The monoisotopic (exact) mass is 488 g/mol. The van der Waals surface area contributed by atoms with Crippen LogP contribution in [0.1, 0.15) is 28.2 Å². The number of esters is 1. The summed E-state index contributed by atoms with van der Waals surface area (Å²) < 4.78 is 11.8. The Bertz CT molecular complexity index is 1120. The Balaban J connectivity index is 1.50. The molecule has 10 heteroatoms. The maximum atomic E-state index is 12.4. The highest BCUT2D eigenvalue weighted by atomic mass is 35.5. The summed E-state index contributed by atoms with van der Waals surface area (Å²) in [6.45, 7) is 0. The predicted molar refractivity (Wildman–Crippen MR) is 128 cm³/mol. The van der Waals surface area contributed by atoms with Crippen molar-refractivity contribution in [1.29, 1.82) is 0 Å². The molecule has 8 nitrogen and oxygen atoms in total. The quantitative estimate of drug-likeness (QED) is 0.338. The minimum Gasteiger partial charge on any atom is -0.497 e. The molecule has 3 rings (SSSR count). The number of nitrogens with zero attached hydrogens (tertiary/aromatic N) is 3. The van der Waals surface area contributed by atoms with Gasteiger partial charge in [0.05, 0.1) is 36.2 Å². The molecule has 0 atom stereocenters. The molecule has 0 unspecified atom stereocenters. The van der Waals surface area contributed by atoms with Crippen molar-refractivity contribution in [2.24, 2.45) is 7.05 Å². The molecule has 2 aromatic carbocycles. The van der Waals surface area contributed by atoms with Gasteiger partial charge in [0.2, 0.25) is 5.91 Å². The van der Waals surface area contributed by atoms with Crippen LogP contribution in [0, 0.1) is 0 Å². The molecule has 0 saturated carbocycles. The van der Waals surface area contributed by atoms with Crippen LogP contribution in [0.25, 0.3) is 0 Å². The van der Waals surface area contributed by atoms with Crippen molar-refractivity contribution in [3.8, 4) is 5.75 Å². The highest BCUT2D eigenvalue weighted by Crippen LogP contribution is 2.24. The Labute approximate surface area is 201 Å². The van der Waals surface area contributed by atoms with Gasteiger partial charge in [0.1, 0.15) is 11.6 Å². The number of amides is 1. The summed E-state index contributed by atoms with van der Waals surface area (Å²) in [6.07, 6.45) is 2.63. The molecule has 0 bridgehead atoms. The van der Waals surface area contributed by atoms with Gasteiger partial charge in [0, 0.05) is 13.5 Å². The number of carbonyl (C=O) groups is 2. The lowest BCUT2D eigenvalue weighted by Crippen LogP contribution is -2.15. The fraction of sp³-hybridized carbons (Fsp3) is 0.304. The first kappa shape index (κ1) is 24.6. The highest BCUT2D eigenvalue weighted by Gasteiger charge is 2.14. The van der Waals surface area contributed by atoms with Crippen LogP contribution in [0.3, 0.4) is 0 Å². The number of nitrogens with one attached hydrogen (secondary N) is 1. The van der Waals surface area contributed by atoms with Crippen LogP contribution < -0.4 is 10.1 Å². The number of thioether (sulfide) groups is 1. The SMILES string of the molecule is COC(=O)c1ccc(Cl)c(NC(=O)CSc2nnc(CCCc3ccc(OC)cc3)n2C)c1. The van der Waals surface area contributed by atoms with Crippen LogP contribution in [-0.2, 0) is 29.4 Å². The molecular formula is C23H25ClN4O4S. The summed E-state index contributed by atoms with van der Waals surface area (Å²) in [5.41, 5.74) is 1.89. The van der Waals surface area contributed by atoms with E-state index in [1.165, 1.54) is 42.6 Å². The lowest BCUT2D eigenvalue weighted by atomic mass is 10.1. The second-order valence-corrected chi connectivity index (χ2v) is 8.53. The number of carbonyl (C=O) groups excluding carboxylic acids is 2. The Hall–Kier alpha value is -3.04. The fourth-order valence-corrected chi connectivity index (χ4v) is 4.01. The van der Waals surface area contributed by atoms with Gasteiger partial charge in [-0.3, -0.25) is 4.79 Å². The minimum absolute atomic E-state index is 0.122. The Morgan fingerprint density at radius 1 is 1.09 bits per heavy atom. The molecule has 0 fully saturated rings. The van der Waals surface area contributed by atoms with Crippen molar-refractivity contribution in [2.45, 2.75) is 24.4 Å². The average molecular weight is 489 g/mol. The lowest BCUT2D eigenvalue weighted by Gasteiger charge is -2.09. The molecule has 0 aliphatic carbocycles. The largest absolute Gasteiger partial charge is 0.497 e. The standard InChI is InChI=1S/C23H25ClN4O4S/c1-28-20(6-4-5-15-7-10-17(31-2)11-8-15)26-27-23(28)33-14-21(29)25-19-13-16(22(30)32-3)9-12-18(19)24/h7-13H,4-6,14H2,1-3H3,(H,25,29). The highest BCUT2D eigenvalue weighted by molar-refractivity contribution is 7.99. The van der Waals surface area contributed by atoms with E-state index in [0.717, 1.165) is 30.8 Å². The van der Waals surface area contributed by atoms with E-state index < -0.39 is 5.97 Å². The third kappa shape index (κ3) is 6.72. The first-order valence-corrected chi connectivity index (χ1v) is 11.6. The van der Waals surface area contributed by atoms with E-state index in [4.69, 9.17) is 21.1 Å². The van der Waals surface area contributed by atoms with Gasteiger partial charge in [-0.2, -0.15) is 0 Å². The summed E-state index contributed by atoms with van der Waals surface area (Å²) in [5.74, 6) is 1.05. The maximum Gasteiger partial charge on any atom is 0.337 e. The van der Waals surface area contributed by atoms with Crippen molar-refractivity contribution in [3.05, 3.63) is 64.4 Å². The molecule has 0 saturated heterocycles. The zero-order valence-corrected chi connectivity index (χ0v) is 20.2. The summed E-state index contributed by atoms with van der Waals surface area (Å²) in [6, 6.07) is 12.6. The van der Waals surface area contributed by atoms with Gasteiger partial charge < -0.3 is 19.4 Å². The number of anilines is 1. The predicted octanol–water partition coefficient (Wildman–Crippen LogP) is 4.17. The minimum atomic E-state index is -0.504. The van der Waals surface area contributed by atoms with Gasteiger partial charge in [0.15, 0.2) is 5.16 Å². The molecule has 0 spiro atoms. The average Bonchev–Trinajstić information content (AvgIpc) is 3.18. The van der Waals surface area contributed by atoms with Crippen molar-refractivity contribution in [1.82, 2.24) is 14.8 Å². The molecule has 174 valence electrons. The Morgan fingerprint density at radius 2 is 1.85 bits per heavy atom.